The molecule has 2 aliphatic rings. The molecule has 1 atom stereocenters. The number of aryl methyl sites for hydroxylation is 1. The fraction of sp³-hybridized carbons (Fsp3) is 0.455. The van der Waals surface area contributed by atoms with Gasteiger partial charge >= 0.3 is 6.09 Å². The number of rotatable bonds is 7. The fourth-order valence-electron chi connectivity index (χ4n) is 4.06. The monoisotopic (exact) mass is 421 g/mol. The van der Waals surface area contributed by atoms with Gasteiger partial charge in [0.1, 0.15) is 5.82 Å². The van der Waals surface area contributed by atoms with E-state index in [2.05, 4.69) is 39.6 Å². The highest BCUT2D eigenvalue weighted by Crippen LogP contribution is 2.24. The molecule has 2 saturated heterocycles. The lowest BCUT2D eigenvalue weighted by molar-refractivity contribution is 0.0927. The largest absolute Gasteiger partial charge is 0.465 e. The first-order valence-electron chi connectivity index (χ1n) is 10.7. The summed E-state index contributed by atoms with van der Waals surface area (Å²) in [7, 11) is 0. The zero-order chi connectivity index (χ0) is 21.8. The van der Waals surface area contributed by atoms with E-state index in [1.807, 2.05) is 12.1 Å². The molecule has 3 heterocycles. The number of carboxylic acid groups (broad SMARTS) is 1. The van der Waals surface area contributed by atoms with E-state index >= 15 is 0 Å². The molecule has 3 N–H and O–H groups in total. The summed E-state index contributed by atoms with van der Waals surface area (Å²) in [6.45, 7) is 4.94. The van der Waals surface area contributed by atoms with E-state index < -0.39 is 6.09 Å². The van der Waals surface area contributed by atoms with Crippen molar-refractivity contribution in [3.8, 4) is 6.07 Å². The van der Waals surface area contributed by atoms with Gasteiger partial charge in [0.2, 0.25) is 5.95 Å². The number of aromatic nitrogens is 2. The Labute approximate surface area is 181 Å². The summed E-state index contributed by atoms with van der Waals surface area (Å²) >= 11 is 0. The number of carbonyl (C=O) groups is 1. The molecule has 0 unspecified atom stereocenters. The first-order valence-corrected chi connectivity index (χ1v) is 10.7. The summed E-state index contributed by atoms with van der Waals surface area (Å²) in [5.74, 6) is 1.42. The Hall–Kier alpha value is -3.38. The van der Waals surface area contributed by atoms with Crippen LogP contribution < -0.4 is 15.5 Å². The third-order valence-electron chi connectivity index (χ3n) is 5.66. The highest BCUT2D eigenvalue weighted by atomic mass is 16.4. The SMILES string of the molecule is CCCc1cc(N2CC[C@H](NC3CN(C(=O)O)C3)C2)nc(Nc2cccc(C#N)c2)n1. The number of amides is 1. The molecule has 0 radical (unpaired) electrons. The number of anilines is 3. The van der Waals surface area contributed by atoms with Gasteiger partial charge in [0, 0.05) is 55.7 Å². The molecule has 4 rings (SSSR count). The third-order valence-corrected chi connectivity index (χ3v) is 5.66. The van der Waals surface area contributed by atoms with Crippen LogP contribution in [0.3, 0.4) is 0 Å². The molecule has 2 aliphatic heterocycles. The van der Waals surface area contributed by atoms with Crippen LogP contribution >= 0.6 is 0 Å². The van der Waals surface area contributed by atoms with Crippen LogP contribution in [-0.2, 0) is 6.42 Å². The summed E-state index contributed by atoms with van der Waals surface area (Å²) in [4.78, 5) is 24.0. The maximum atomic E-state index is 10.9. The van der Waals surface area contributed by atoms with Gasteiger partial charge in [-0.3, -0.25) is 0 Å². The summed E-state index contributed by atoms with van der Waals surface area (Å²) in [6, 6.07) is 12.0. The number of benzene rings is 1. The van der Waals surface area contributed by atoms with Crippen LogP contribution in [0.4, 0.5) is 22.2 Å². The minimum atomic E-state index is -0.851. The molecule has 1 aromatic carbocycles. The first kappa shape index (κ1) is 20.9. The highest BCUT2D eigenvalue weighted by Gasteiger charge is 2.34. The van der Waals surface area contributed by atoms with Crippen molar-refractivity contribution in [2.45, 2.75) is 38.3 Å². The van der Waals surface area contributed by atoms with E-state index in [-0.39, 0.29) is 6.04 Å². The maximum absolute atomic E-state index is 10.9. The van der Waals surface area contributed by atoms with Crippen LogP contribution in [0.25, 0.3) is 0 Å². The van der Waals surface area contributed by atoms with Crippen LogP contribution in [0.15, 0.2) is 30.3 Å². The molecule has 2 aromatic rings. The van der Waals surface area contributed by atoms with Crippen LogP contribution in [0.5, 0.6) is 0 Å². The minimum absolute atomic E-state index is 0.228. The normalized spacial score (nSPS) is 18.5. The number of nitrogens with one attached hydrogen (secondary N) is 2. The molecule has 0 aliphatic carbocycles. The summed E-state index contributed by atoms with van der Waals surface area (Å²) in [6.07, 6.45) is 2.00. The number of hydrogen-bond donors (Lipinski definition) is 3. The molecule has 1 amide bonds. The number of hydrogen-bond acceptors (Lipinski definition) is 7. The number of likely N-dealkylation sites (tertiary alicyclic amines) is 1. The minimum Gasteiger partial charge on any atom is -0.465 e. The molecule has 0 bridgehead atoms. The molecule has 1 aromatic heterocycles. The first-order chi connectivity index (χ1) is 15.0. The van der Waals surface area contributed by atoms with Gasteiger partial charge in [-0.05, 0) is 31.0 Å². The Balaban J connectivity index is 1.44. The van der Waals surface area contributed by atoms with Gasteiger partial charge in [-0.25, -0.2) is 9.78 Å². The molecular weight excluding hydrogens is 394 g/mol. The smallest absolute Gasteiger partial charge is 0.407 e. The summed E-state index contributed by atoms with van der Waals surface area (Å²) in [5.41, 5.74) is 2.35. The van der Waals surface area contributed by atoms with Gasteiger partial charge in [-0.2, -0.15) is 10.2 Å². The Morgan fingerprint density at radius 3 is 2.84 bits per heavy atom. The van der Waals surface area contributed by atoms with Crippen molar-refractivity contribution in [3.63, 3.8) is 0 Å². The average molecular weight is 422 g/mol. The van der Waals surface area contributed by atoms with Gasteiger partial charge in [0.05, 0.1) is 11.6 Å². The average Bonchev–Trinajstić information content (AvgIpc) is 3.19. The predicted molar refractivity (Wildman–Crippen MR) is 118 cm³/mol. The van der Waals surface area contributed by atoms with E-state index in [0.29, 0.717) is 30.6 Å². The molecule has 2 fully saturated rings. The second kappa shape index (κ2) is 9.18. The van der Waals surface area contributed by atoms with Gasteiger partial charge in [0.15, 0.2) is 0 Å². The molecule has 31 heavy (non-hydrogen) atoms. The molecule has 162 valence electrons. The predicted octanol–water partition coefficient (Wildman–Crippen LogP) is 2.57. The van der Waals surface area contributed by atoms with Crippen LogP contribution in [-0.4, -0.2) is 64.3 Å². The number of nitrogens with zero attached hydrogens (tertiary/aromatic N) is 5. The van der Waals surface area contributed by atoms with Gasteiger partial charge in [-0.1, -0.05) is 19.4 Å². The second-order valence-electron chi connectivity index (χ2n) is 8.09. The zero-order valence-corrected chi connectivity index (χ0v) is 17.6. The Morgan fingerprint density at radius 2 is 2.10 bits per heavy atom. The van der Waals surface area contributed by atoms with Crippen molar-refractivity contribution in [1.29, 1.82) is 5.26 Å². The standard InChI is InChI=1S/C22H27N7O2/c1-2-4-16-10-20(27-21(25-16)26-17-6-3-5-15(9-17)11-23)28-8-7-18(12-28)24-19-13-29(14-19)22(30)31/h3,5-6,9-10,18-19,24H,2,4,7-8,12-14H2,1H3,(H,30,31)(H,25,26,27)/t18-/m0/s1. The van der Waals surface area contributed by atoms with Gasteiger partial charge < -0.3 is 25.5 Å². The molecule has 9 nitrogen and oxygen atoms in total. The lowest BCUT2D eigenvalue weighted by atomic mass is 10.1. The lowest BCUT2D eigenvalue weighted by Crippen LogP contribution is -2.61. The molecule has 0 spiro atoms. The molecule has 9 heteroatoms. The van der Waals surface area contributed by atoms with E-state index in [4.69, 9.17) is 15.4 Å². The van der Waals surface area contributed by atoms with E-state index in [1.165, 1.54) is 4.90 Å². The fourth-order valence-corrected chi connectivity index (χ4v) is 4.06. The van der Waals surface area contributed by atoms with Crippen LogP contribution in [0, 0.1) is 11.3 Å². The number of nitriles is 1. The van der Waals surface area contributed by atoms with Crippen molar-refractivity contribution in [2.24, 2.45) is 0 Å². The Kier molecular flexibility index (Phi) is 6.18. The van der Waals surface area contributed by atoms with Crippen molar-refractivity contribution >= 4 is 23.5 Å². The topological polar surface area (TPSA) is 117 Å². The highest BCUT2D eigenvalue weighted by molar-refractivity contribution is 5.66. The lowest BCUT2D eigenvalue weighted by Gasteiger charge is -2.39. The third kappa shape index (κ3) is 5.03. The van der Waals surface area contributed by atoms with E-state index in [0.717, 1.165) is 49.6 Å². The summed E-state index contributed by atoms with van der Waals surface area (Å²) in [5, 5.41) is 24.9. The van der Waals surface area contributed by atoms with E-state index in [1.54, 1.807) is 12.1 Å². The maximum Gasteiger partial charge on any atom is 0.407 e. The van der Waals surface area contributed by atoms with Crippen molar-refractivity contribution in [1.82, 2.24) is 20.2 Å². The van der Waals surface area contributed by atoms with Gasteiger partial charge in [-0.15, -0.1) is 0 Å². The summed E-state index contributed by atoms with van der Waals surface area (Å²) < 4.78 is 0. The quantitative estimate of drug-likeness (QED) is 0.624. The van der Waals surface area contributed by atoms with Crippen molar-refractivity contribution < 1.29 is 9.90 Å². The van der Waals surface area contributed by atoms with Crippen molar-refractivity contribution in [3.05, 3.63) is 41.6 Å². The van der Waals surface area contributed by atoms with Crippen LogP contribution in [0.2, 0.25) is 0 Å². The zero-order valence-electron chi connectivity index (χ0n) is 17.6. The van der Waals surface area contributed by atoms with Gasteiger partial charge in [0.25, 0.3) is 0 Å². The molecular formula is C22H27N7O2. The van der Waals surface area contributed by atoms with E-state index in [9.17, 15) is 4.79 Å². The second-order valence-corrected chi connectivity index (χ2v) is 8.09. The van der Waals surface area contributed by atoms with Crippen LogP contribution in [0.1, 0.15) is 31.0 Å². The Bertz CT molecular complexity index is 984. The molecule has 0 saturated carbocycles. The van der Waals surface area contributed by atoms with Crippen molar-refractivity contribution in [2.75, 3.05) is 36.4 Å². The Morgan fingerprint density at radius 1 is 1.26 bits per heavy atom.